The number of hydrogen-bond acceptors (Lipinski definition) is 3. The minimum Gasteiger partial charge on any atom is -0.390 e. The first-order valence-electron chi connectivity index (χ1n) is 5.67. The Morgan fingerprint density at radius 2 is 2.06 bits per heavy atom. The highest BCUT2D eigenvalue weighted by Crippen LogP contribution is 2.24. The predicted octanol–water partition coefficient (Wildman–Crippen LogP) is 1.55. The van der Waals surface area contributed by atoms with Gasteiger partial charge in [0.1, 0.15) is 6.10 Å². The second-order valence-electron chi connectivity index (χ2n) is 4.10. The molecular weight excluding hydrogens is 254 g/mol. The Bertz CT molecular complexity index is 596. The largest absolute Gasteiger partial charge is 0.390 e. The molecule has 1 heterocycles. The lowest BCUT2D eigenvalue weighted by Crippen LogP contribution is -2.19. The van der Waals surface area contributed by atoms with Gasteiger partial charge >= 0.3 is 0 Å². The van der Waals surface area contributed by atoms with E-state index in [9.17, 15) is 15.0 Å². The maximum Gasteiger partial charge on any atom is 0.189 e. The van der Waals surface area contributed by atoms with E-state index >= 15 is 0 Å². The molecule has 2 rings (SSSR count). The zero-order chi connectivity index (χ0) is 13.1. The van der Waals surface area contributed by atoms with Crippen LogP contribution in [0.15, 0.2) is 35.3 Å². The Morgan fingerprint density at radius 1 is 1.28 bits per heavy atom. The number of aromatic amines is 1. The van der Waals surface area contributed by atoms with Crippen LogP contribution in [0.25, 0.3) is 10.9 Å². The molecular formula is C13H14ClNO3. The zero-order valence-electron chi connectivity index (χ0n) is 9.64. The van der Waals surface area contributed by atoms with E-state index in [1.165, 1.54) is 12.3 Å². The van der Waals surface area contributed by atoms with Crippen molar-refractivity contribution < 1.29 is 10.2 Å². The summed E-state index contributed by atoms with van der Waals surface area (Å²) in [5.74, 6) is 0.263. The second kappa shape index (κ2) is 5.52. The number of hydrogen-bond donors (Lipinski definition) is 3. The van der Waals surface area contributed by atoms with E-state index in [0.717, 1.165) is 0 Å². The Hall–Kier alpha value is -1.36. The third-order valence-corrected chi connectivity index (χ3v) is 3.13. The Labute approximate surface area is 109 Å². The van der Waals surface area contributed by atoms with Crippen LogP contribution < -0.4 is 5.43 Å². The molecule has 3 N–H and O–H groups in total. The summed E-state index contributed by atoms with van der Waals surface area (Å²) in [7, 11) is 0. The molecule has 1 aromatic carbocycles. The van der Waals surface area contributed by atoms with Crippen molar-refractivity contribution in [1.82, 2.24) is 4.98 Å². The first-order valence-corrected chi connectivity index (χ1v) is 6.21. The van der Waals surface area contributed by atoms with Gasteiger partial charge in [-0.3, -0.25) is 4.79 Å². The van der Waals surface area contributed by atoms with Gasteiger partial charge in [0.05, 0.1) is 11.6 Å². The van der Waals surface area contributed by atoms with E-state index in [1.54, 1.807) is 18.2 Å². The van der Waals surface area contributed by atoms with Crippen molar-refractivity contribution in [2.24, 2.45) is 0 Å². The van der Waals surface area contributed by atoms with Crippen molar-refractivity contribution in [3.8, 4) is 0 Å². The second-order valence-corrected chi connectivity index (χ2v) is 4.48. The molecule has 2 aromatic rings. The van der Waals surface area contributed by atoms with E-state index in [2.05, 4.69) is 4.98 Å². The molecule has 0 radical (unpaired) electrons. The molecule has 0 fully saturated rings. The number of aromatic nitrogens is 1. The lowest BCUT2D eigenvalue weighted by molar-refractivity contribution is 0.0177. The zero-order valence-corrected chi connectivity index (χ0v) is 10.4. The molecule has 18 heavy (non-hydrogen) atoms. The predicted molar refractivity (Wildman–Crippen MR) is 70.9 cm³/mol. The Morgan fingerprint density at radius 3 is 2.78 bits per heavy atom. The van der Waals surface area contributed by atoms with Gasteiger partial charge in [0.2, 0.25) is 0 Å². The van der Waals surface area contributed by atoms with Crippen LogP contribution in [0, 0.1) is 0 Å². The maximum absolute atomic E-state index is 11.7. The molecule has 2 atom stereocenters. The van der Waals surface area contributed by atoms with E-state index in [0.29, 0.717) is 16.5 Å². The fourth-order valence-electron chi connectivity index (χ4n) is 1.95. The fraction of sp³-hybridized carbons (Fsp3) is 0.308. The minimum absolute atomic E-state index is 0.121. The monoisotopic (exact) mass is 267 g/mol. The van der Waals surface area contributed by atoms with Crippen molar-refractivity contribution in [3.05, 3.63) is 46.2 Å². The van der Waals surface area contributed by atoms with Gasteiger partial charge in [-0.2, -0.15) is 0 Å². The molecule has 0 aliphatic rings. The fourth-order valence-corrected chi connectivity index (χ4v) is 2.17. The molecule has 4 nitrogen and oxygen atoms in total. The number of halogens is 1. The smallest absolute Gasteiger partial charge is 0.189 e. The highest BCUT2D eigenvalue weighted by Gasteiger charge is 2.20. The molecule has 2 unspecified atom stereocenters. The summed E-state index contributed by atoms with van der Waals surface area (Å²) in [6.45, 7) is 0. The Balaban J connectivity index is 2.51. The molecule has 0 aliphatic carbocycles. The van der Waals surface area contributed by atoms with E-state index in [-0.39, 0.29) is 17.7 Å². The van der Waals surface area contributed by atoms with Crippen LogP contribution in [0.3, 0.4) is 0 Å². The van der Waals surface area contributed by atoms with E-state index in [4.69, 9.17) is 11.6 Å². The number of nitrogens with one attached hydrogen (secondary N) is 1. The van der Waals surface area contributed by atoms with Crippen molar-refractivity contribution in [2.75, 3.05) is 5.88 Å². The van der Waals surface area contributed by atoms with Crippen molar-refractivity contribution >= 4 is 22.5 Å². The van der Waals surface area contributed by atoms with Crippen LogP contribution in [0.1, 0.15) is 18.1 Å². The summed E-state index contributed by atoms with van der Waals surface area (Å²) in [4.78, 5) is 14.6. The first-order chi connectivity index (χ1) is 8.65. The average Bonchev–Trinajstić information content (AvgIpc) is 2.38. The number of para-hydroxylation sites is 1. The lowest BCUT2D eigenvalue weighted by Gasteiger charge is -2.18. The number of aliphatic hydroxyl groups is 2. The number of rotatable bonds is 4. The highest BCUT2D eigenvalue weighted by atomic mass is 35.5. The number of pyridine rings is 1. The summed E-state index contributed by atoms with van der Waals surface area (Å²) < 4.78 is 0. The van der Waals surface area contributed by atoms with E-state index < -0.39 is 12.2 Å². The summed E-state index contributed by atoms with van der Waals surface area (Å²) >= 11 is 5.54. The highest BCUT2D eigenvalue weighted by molar-refractivity contribution is 6.17. The van der Waals surface area contributed by atoms with Crippen LogP contribution in [0.2, 0.25) is 0 Å². The third-order valence-electron chi connectivity index (χ3n) is 2.91. The molecule has 0 amide bonds. The summed E-state index contributed by atoms with van der Waals surface area (Å²) in [6.07, 6.45) is -0.201. The van der Waals surface area contributed by atoms with Crippen molar-refractivity contribution in [1.29, 1.82) is 0 Å². The molecule has 5 heteroatoms. The SMILES string of the molecule is O=c1cc[nH]c2c(C(O)C(O)CCCl)cccc12. The number of benzene rings is 1. The summed E-state index contributed by atoms with van der Waals surface area (Å²) in [6, 6.07) is 6.47. The van der Waals surface area contributed by atoms with Crippen LogP contribution in [0.5, 0.6) is 0 Å². The van der Waals surface area contributed by atoms with Gasteiger partial charge in [-0.1, -0.05) is 12.1 Å². The van der Waals surface area contributed by atoms with Gasteiger partial charge in [-0.25, -0.2) is 0 Å². The van der Waals surface area contributed by atoms with Crippen molar-refractivity contribution in [3.63, 3.8) is 0 Å². The van der Waals surface area contributed by atoms with Gasteiger partial charge in [0.25, 0.3) is 0 Å². The molecule has 0 bridgehead atoms. The topological polar surface area (TPSA) is 73.3 Å². The molecule has 0 saturated carbocycles. The van der Waals surface area contributed by atoms with Gasteiger partial charge in [-0.15, -0.1) is 11.6 Å². The number of H-pyrrole nitrogens is 1. The summed E-state index contributed by atoms with van der Waals surface area (Å²) in [5, 5.41) is 20.3. The number of aliphatic hydroxyl groups excluding tert-OH is 2. The van der Waals surface area contributed by atoms with Gasteiger partial charge in [0, 0.05) is 29.1 Å². The van der Waals surface area contributed by atoms with E-state index in [1.807, 2.05) is 0 Å². The maximum atomic E-state index is 11.7. The number of fused-ring (bicyclic) bond motifs is 1. The van der Waals surface area contributed by atoms with Crippen LogP contribution in [-0.4, -0.2) is 27.2 Å². The first kappa shape index (κ1) is 13.1. The number of alkyl halides is 1. The minimum atomic E-state index is -1.06. The average molecular weight is 268 g/mol. The normalized spacial score (nSPS) is 14.6. The summed E-state index contributed by atoms with van der Waals surface area (Å²) in [5.41, 5.74) is 0.929. The third kappa shape index (κ3) is 2.41. The van der Waals surface area contributed by atoms with Crippen LogP contribution >= 0.6 is 11.6 Å². The van der Waals surface area contributed by atoms with Crippen molar-refractivity contribution in [2.45, 2.75) is 18.6 Å². The standard InChI is InChI=1S/C13H14ClNO3/c14-6-4-11(17)13(18)9-3-1-2-8-10(16)5-7-15-12(8)9/h1-3,5,7,11,13,17-18H,4,6H2,(H,15,16). The van der Waals surface area contributed by atoms with Crippen LogP contribution in [-0.2, 0) is 0 Å². The Kier molecular flexibility index (Phi) is 4.01. The lowest BCUT2D eigenvalue weighted by atomic mass is 9.99. The molecule has 0 spiro atoms. The quantitative estimate of drug-likeness (QED) is 0.736. The molecule has 1 aromatic heterocycles. The molecule has 96 valence electrons. The van der Waals surface area contributed by atoms with Gasteiger partial charge in [-0.05, 0) is 12.5 Å². The molecule has 0 aliphatic heterocycles. The van der Waals surface area contributed by atoms with Crippen LogP contribution in [0.4, 0.5) is 0 Å². The molecule has 0 saturated heterocycles. The van der Waals surface area contributed by atoms with Gasteiger partial charge in [0.15, 0.2) is 5.43 Å². The van der Waals surface area contributed by atoms with Gasteiger partial charge < -0.3 is 15.2 Å².